The summed E-state index contributed by atoms with van der Waals surface area (Å²) in [6.07, 6.45) is 4.33. The molecule has 0 saturated carbocycles. The molecule has 1 amide bonds. The number of piperidine rings is 1. The second-order valence-corrected chi connectivity index (χ2v) is 8.33. The zero-order chi connectivity index (χ0) is 18.8. The Morgan fingerprint density at radius 3 is 2.59 bits per heavy atom. The molecule has 6 heteroatoms. The van der Waals surface area contributed by atoms with Crippen LogP contribution in [0.3, 0.4) is 0 Å². The van der Waals surface area contributed by atoms with Gasteiger partial charge in [0.1, 0.15) is 0 Å². The van der Waals surface area contributed by atoms with E-state index in [4.69, 9.17) is 9.47 Å². The number of aromatic nitrogens is 1. The number of carbonyl (C=O) groups is 1. The van der Waals surface area contributed by atoms with Gasteiger partial charge in [-0.25, -0.2) is 0 Å². The van der Waals surface area contributed by atoms with Gasteiger partial charge in [-0.3, -0.25) is 9.78 Å². The van der Waals surface area contributed by atoms with Crippen LogP contribution in [0.2, 0.25) is 0 Å². The molecule has 144 valence electrons. The van der Waals surface area contributed by atoms with Gasteiger partial charge in [0.25, 0.3) is 5.91 Å². The zero-order valence-corrected chi connectivity index (χ0v) is 17.2. The molecule has 27 heavy (non-hydrogen) atoms. The van der Waals surface area contributed by atoms with Crippen molar-refractivity contribution in [1.29, 1.82) is 0 Å². The summed E-state index contributed by atoms with van der Waals surface area (Å²) in [6, 6.07) is 7.81. The van der Waals surface area contributed by atoms with Gasteiger partial charge >= 0.3 is 0 Å². The average molecular weight is 433 g/mol. The van der Waals surface area contributed by atoms with E-state index in [0.29, 0.717) is 6.10 Å². The molecule has 1 aromatic carbocycles. The van der Waals surface area contributed by atoms with Gasteiger partial charge in [0.2, 0.25) is 0 Å². The molecule has 1 aromatic heterocycles. The van der Waals surface area contributed by atoms with Gasteiger partial charge in [-0.15, -0.1) is 0 Å². The van der Waals surface area contributed by atoms with E-state index in [1.807, 2.05) is 36.1 Å². The van der Waals surface area contributed by atoms with Gasteiger partial charge in [0.15, 0.2) is 0 Å². The smallest absolute Gasteiger partial charge is 0.254 e. The lowest BCUT2D eigenvalue weighted by Gasteiger charge is -2.35. The number of fused-ring (bicyclic) bond motifs is 1. The van der Waals surface area contributed by atoms with Crippen molar-refractivity contribution in [3.05, 3.63) is 40.0 Å². The van der Waals surface area contributed by atoms with Crippen LogP contribution in [0.4, 0.5) is 0 Å². The Labute approximate surface area is 168 Å². The lowest BCUT2D eigenvalue weighted by Crippen LogP contribution is -2.42. The summed E-state index contributed by atoms with van der Waals surface area (Å²) in [5.41, 5.74) is 2.46. The van der Waals surface area contributed by atoms with Crippen LogP contribution in [0.15, 0.2) is 28.7 Å². The van der Waals surface area contributed by atoms with Gasteiger partial charge in [0, 0.05) is 41.9 Å². The third-order valence-electron chi connectivity index (χ3n) is 5.41. The Balaban J connectivity index is 1.44. The Kier molecular flexibility index (Phi) is 5.76. The highest BCUT2D eigenvalue weighted by molar-refractivity contribution is 9.10. The summed E-state index contributed by atoms with van der Waals surface area (Å²) < 4.78 is 12.6. The minimum atomic E-state index is 0.0948. The first-order chi connectivity index (χ1) is 13.1. The molecule has 0 aliphatic carbocycles. The molecule has 2 aromatic rings. The molecule has 2 aliphatic rings. The van der Waals surface area contributed by atoms with Crippen molar-refractivity contribution < 1.29 is 14.3 Å². The molecule has 0 unspecified atom stereocenters. The highest BCUT2D eigenvalue weighted by atomic mass is 79.9. The maximum absolute atomic E-state index is 13.2. The van der Waals surface area contributed by atoms with Crippen LogP contribution in [0.5, 0.6) is 0 Å². The fraction of sp³-hybridized carbons (Fsp3) is 0.524. The molecule has 3 heterocycles. The van der Waals surface area contributed by atoms with Crippen molar-refractivity contribution >= 4 is 32.7 Å². The molecule has 0 radical (unpaired) electrons. The Morgan fingerprint density at radius 2 is 1.85 bits per heavy atom. The summed E-state index contributed by atoms with van der Waals surface area (Å²) in [7, 11) is 0. The fourth-order valence-electron chi connectivity index (χ4n) is 3.96. The lowest BCUT2D eigenvalue weighted by molar-refractivity contribution is -0.0823. The largest absolute Gasteiger partial charge is 0.381 e. The SMILES string of the molecule is Cc1cc(C(=O)N2CCC(OC3CCOCC3)CC2)c2ccc(Br)cc2n1. The van der Waals surface area contributed by atoms with E-state index in [1.165, 1.54) is 0 Å². The first-order valence-corrected chi connectivity index (χ1v) is 10.5. The van der Waals surface area contributed by atoms with Crippen molar-refractivity contribution in [1.82, 2.24) is 9.88 Å². The van der Waals surface area contributed by atoms with E-state index in [0.717, 1.165) is 78.6 Å². The number of hydrogen-bond donors (Lipinski definition) is 0. The molecule has 2 fully saturated rings. The van der Waals surface area contributed by atoms with Crippen molar-refractivity contribution in [3.8, 4) is 0 Å². The molecule has 0 bridgehead atoms. The van der Waals surface area contributed by atoms with Crippen molar-refractivity contribution in [2.45, 2.75) is 44.8 Å². The van der Waals surface area contributed by atoms with E-state index in [2.05, 4.69) is 20.9 Å². The minimum Gasteiger partial charge on any atom is -0.381 e. The molecule has 0 atom stereocenters. The Hall–Kier alpha value is -1.50. The second-order valence-electron chi connectivity index (χ2n) is 7.41. The van der Waals surface area contributed by atoms with Gasteiger partial charge in [-0.1, -0.05) is 22.0 Å². The highest BCUT2D eigenvalue weighted by Gasteiger charge is 2.27. The normalized spacial score (nSPS) is 19.6. The summed E-state index contributed by atoms with van der Waals surface area (Å²) >= 11 is 3.49. The van der Waals surface area contributed by atoms with Crippen molar-refractivity contribution in [2.75, 3.05) is 26.3 Å². The van der Waals surface area contributed by atoms with E-state index in [9.17, 15) is 4.79 Å². The van der Waals surface area contributed by atoms with Crippen LogP contribution in [-0.4, -0.2) is 54.3 Å². The third kappa shape index (κ3) is 4.33. The lowest BCUT2D eigenvalue weighted by atomic mass is 10.0. The number of amides is 1. The number of halogens is 1. The summed E-state index contributed by atoms with van der Waals surface area (Å²) in [5.74, 6) is 0.0948. The van der Waals surface area contributed by atoms with Crippen LogP contribution in [-0.2, 0) is 9.47 Å². The molecule has 2 aliphatic heterocycles. The molecule has 5 nitrogen and oxygen atoms in total. The summed E-state index contributed by atoms with van der Waals surface area (Å²) in [4.78, 5) is 19.7. The highest BCUT2D eigenvalue weighted by Crippen LogP contribution is 2.26. The average Bonchev–Trinajstić information content (AvgIpc) is 2.68. The van der Waals surface area contributed by atoms with Gasteiger partial charge < -0.3 is 14.4 Å². The molecule has 4 rings (SSSR count). The number of rotatable bonds is 3. The molecule has 2 saturated heterocycles. The van der Waals surface area contributed by atoms with Gasteiger partial charge in [-0.05, 0) is 50.8 Å². The predicted molar refractivity (Wildman–Crippen MR) is 108 cm³/mol. The quantitative estimate of drug-likeness (QED) is 0.732. The molecule has 0 N–H and O–H groups in total. The number of likely N-dealkylation sites (tertiary alicyclic amines) is 1. The number of benzene rings is 1. The molecular weight excluding hydrogens is 408 g/mol. The first kappa shape index (κ1) is 18.8. The van der Waals surface area contributed by atoms with Crippen molar-refractivity contribution in [2.24, 2.45) is 0 Å². The third-order valence-corrected chi connectivity index (χ3v) is 5.91. The molecule has 0 spiro atoms. The Morgan fingerprint density at radius 1 is 1.15 bits per heavy atom. The summed E-state index contributed by atoms with van der Waals surface area (Å²) in [6.45, 7) is 5.02. The molecular formula is C21H25BrN2O3. The number of hydrogen-bond acceptors (Lipinski definition) is 4. The van der Waals surface area contributed by atoms with Crippen LogP contribution in [0.25, 0.3) is 10.9 Å². The standard InChI is InChI=1S/C21H25BrN2O3/c1-14-12-19(18-3-2-15(22)13-20(18)23-14)21(25)24-8-4-16(5-9-24)27-17-6-10-26-11-7-17/h2-3,12-13,16-17H,4-11H2,1H3. The number of ether oxygens (including phenoxy) is 2. The second kappa shape index (κ2) is 8.25. The van der Waals surface area contributed by atoms with E-state index < -0.39 is 0 Å². The minimum absolute atomic E-state index is 0.0948. The summed E-state index contributed by atoms with van der Waals surface area (Å²) in [5, 5.41) is 0.911. The van der Waals surface area contributed by atoms with E-state index in [1.54, 1.807) is 0 Å². The van der Waals surface area contributed by atoms with Crippen molar-refractivity contribution in [3.63, 3.8) is 0 Å². The van der Waals surface area contributed by atoms with Crippen LogP contribution >= 0.6 is 15.9 Å². The van der Waals surface area contributed by atoms with Gasteiger partial charge in [-0.2, -0.15) is 0 Å². The monoisotopic (exact) mass is 432 g/mol. The van der Waals surface area contributed by atoms with E-state index in [-0.39, 0.29) is 12.0 Å². The topological polar surface area (TPSA) is 51.7 Å². The van der Waals surface area contributed by atoms with Crippen LogP contribution < -0.4 is 0 Å². The zero-order valence-electron chi connectivity index (χ0n) is 15.6. The van der Waals surface area contributed by atoms with Crippen LogP contribution in [0.1, 0.15) is 41.7 Å². The van der Waals surface area contributed by atoms with E-state index >= 15 is 0 Å². The maximum Gasteiger partial charge on any atom is 0.254 e. The first-order valence-electron chi connectivity index (χ1n) is 9.69. The maximum atomic E-state index is 13.2. The number of aryl methyl sites for hydroxylation is 1. The van der Waals surface area contributed by atoms with Gasteiger partial charge in [0.05, 0.1) is 23.3 Å². The van der Waals surface area contributed by atoms with Crippen LogP contribution in [0, 0.1) is 6.92 Å². The number of carbonyl (C=O) groups excluding carboxylic acids is 1. The Bertz CT molecular complexity index is 822. The fourth-order valence-corrected chi connectivity index (χ4v) is 4.31. The number of pyridine rings is 1. The predicted octanol–water partition coefficient (Wildman–Crippen LogP) is 4.11. The number of nitrogens with zero attached hydrogens (tertiary/aromatic N) is 2.